The van der Waals surface area contributed by atoms with Crippen molar-refractivity contribution in [1.29, 1.82) is 0 Å². The molecule has 1 aliphatic rings. The topological polar surface area (TPSA) is 42.4 Å². The van der Waals surface area contributed by atoms with Crippen molar-refractivity contribution in [3.63, 3.8) is 0 Å². The van der Waals surface area contributed by atoms with Crippen LogP contribution in [0.2, 0.25) is 0 Å². The summed E-state index contributed by atoms with van der Waals surface area (Å²) in [7, 11) is 0. The number of aromatic nitrogens is 1. The number of hydrogen-bond donors (Lipinski definition) is 1. The third-order valence-corrected chi connectivity index (χ3v) is 3.97. The van der Waals surface area contributed by atoms with Crippen molar-refractivity contribution in [2.45, 2.75) is 57.7 Å². The monoisotopic (exact) mass is 255 g/mol. The fraction of sp³-hybridized carbons (Fsp3) is 0.769. The first-order valence-corrected chi connectivity index (χ1v) is 7.09. The summed E-state index contributed by atoms with van der Waals surface area (Å²) < 4.78 is 5.49. The Morgan fingerprint density at radius 3 is 2.88 bits per heavy atom. The van der Waals surface area contributed by atoms with E-state index in [1.54, 1.807) is 11.3 Å². The van der Waals surface area contributed by atoms with Crippen molar-refractivity contribution in [2.75, 3.05) is 6.61 Å². The van der Waals surface area contributed by atoms with Crippen molar-refractivity contribution in [3.8, 4) is 0 Å². The zero-order valence-electron chi connectivity index (χ0n) is 10.8. The van der Waals surface area contributed by atoms with Crippen LogP contribution in [0.3, 0.4) is 0 Å². The van der Waals surface area contributed by atoms with E-state index in [-0.39, 0.29) is 11.5 Å². The van der Waals surface area contributed by atoms with Gasteiger partial charge >= 0.3 is 0 Å². The Labute approximate surface area is 107 Å². The van der Waals surface area contributed by atoms with Crippen LogP contribution in [0.5, 0.6) is 0 Å². The molecule has 1 aromatic rings. The van der Waals surface area contributed by atoms with Crippen LogP contribution >= 0.6 is 11.3 Å². The van der Waals surface area contributed by atoms with Crippen LogP contribution in [-0.4, -0.2) is 28.9 Å². The van der Waals surface area contributed by atoms with Gasteiger partial charge in [-0.2, -0.15) is 0 Å². The number of nitrogens with zero attached hydrogens (tertiary/aromatic N) is 1. The van der Waals surface area contributed by atoms with Crippen molar-refractivity contribution in [1.82, 2.24) is 4.98 Å². The molecule has 1 fully saturated rings. The van der Waals surface area contributed by atoms with Crippen LogP contribution in [0.1, 0.15) is 44.3 Å². The van der Waals surface area contributed by atoms with Crippen LogP contribution in [-0.2, 0) is 16.6 Å². The fourth-order valence-electron chi connectivity index (χ4n) is 1.97. The second kappa shape index (κ2) is 5.04. The van der Waals surface area contributed by atoms with Crippen LogP contribution in [0.25, 0.3) is 0 Å². The molecule has 96 valence electrons. The lowest BCUT2D eigenvalue weighted by Gasteiger charge is -2.16. The Morgan fingerprint density at radius 2 is 2.35 bits per heavy atom. The predicted octanol–water partition coefficient (Wildman–Crippen LogP) is 2.52. The molecule has 2 rings (SSSR count). The number of ether oxygens (including phenoxy) is 1. The molecule has 0 aromatic carbocycles. The molecule has 3 nitrogen and oxygen atoms in total. The Bertz CT molecular complexity index is 364. The number of thiazole rings is 1. The van der Waals surface area contributed by atoms with Gasteiger partial charge in [0.05, 0.1) is 22.9 Å². The van der Waals surface area contributed by atoms with Gasteiger partial charge in [-0.3, -0.25) is 0 Å². The Hall–Kier alpha value is -0.450. The molecule has 2 unspecified atom stereocenters. The molecule has 4 heteroatoms. The molecule has 1 aliphatic heterocycles. The molecule has 17 heavy (non-hydrogen) atoms. The lowest BCUT2D eigenvalue weighted by molar-refractivity contribution is -0.000814. The second-order valence-electron chi connectivity index (χ2n) is 5.70. The first-order valence-electron chi connectivity index (χ1n) is 6.21. The van der Waals surface area contributed by atoms with Gasteiger partial charge in [0, 0.05) is 23.8 Å². The highest BCUT2D eigenvalue weighted by atomic mass is 32.1. The largest absolute Gasteiger partial charge is 0.390 e. The van der Waals surface area contributed by atoms with Crippen LogP contribution in [0.4, 0.5) is 0 Å². The van der Waals surface area contributed by atoms with Gasteiger partial charge in [-0.15, -0.1) is 11.3 Å². The minimum atomic E-state index is -0.406. The maximum Gasteiger partial charge on any atom is 0.0955 e. The van der Waals surface area contributed by atoms with Gasteiger partial charge in [-0.1, -0.05) is 20.8 Å². The van der Waals surface area contributed by atoms with E-state index < -0.39 is 6.10 Å². The number of rotatable bonds is 3. The molecular formula is C13H21NO2S. The second-order valence-corrected chi connectivity index (χ2v) is 6.64. The molecule has 0 radical (unpaired) electrons. The fourth-order valence-corrected chi connectivity index (χ4v) is 3.04. The predicted molar refractivity (Wildman–Crippen MR) is 69.5 cm³/mol. The first-order chi connectivity index (χ1) is 7.97. The summed E-state index contributed by atoms with van der Waals surface area (Å²) in [6.45, 7) is 7.25. The Morgan fingerprint density at radius 1 is 1.59 bits per heavy atom. The van der Waals surface area contributed by atoms with Gasteiger partial charge in [-0.05, 0) is 12.8 Å². The lowest BCUT2D eigenvalue weighted by Crippen LogP contribution is -2.27. The number of aliphatic hydroxyl groups excluding tert-OH is 1. The Kier molecular flexibility index (Phi) is 3.85. The highest BCUT2D eigenvalue weighted by molar-refractivity contribution is 7.09. The van der Waals surface area contributed by atoms with E-state index >= 15 is 0 Å². The van der Waals surface area contributed by atoms with E-state index in [1.165, 1.54) is 0 Å². The standard InChI is InChI=1S/C13H21NO2S/c1-13(2,3)11-8-17-12(14-11)7-9(15)10-5-4-6-16-10/h8-10,15H,4-7H2,1-3H3. The summed E-state index contributed by atoms with van der Waals surface area (Å²) >= 11 is 1.64. The molecule has 2 heterocycles. The highest BCUT2D eigenvalue weighted by Crippen LogP contribution is 2.25. The van der Waals surface area contributed by atoms with Crippen molar-refractivity contribution < 1.29 is 9.84 Å². The third kappa shape index (κ3) is 3.27. The summed E-state index contributed by atoms with van der Waals surface area (Å²) in [6.07, 6.45) is 2.25. The molecule has 0 bridgehead atoms. The minimum Gasteiger partial charge on any atom is -0.390 e. The van der Waals surface area contributed by atoms with E-state index in [2.05, 4.69) is 31.1 Å². The molecule has 0 amide bonds. The molecule has 1 saturated heterocycles. The quantitative estimate of drug-likeness (QED) is 0.902. The van der Waals surface area contributed by atoms with E-state index in [1.807, 2.05) is 0 Å². The highest BCUT2D eigenvalue weighted by Gasteiger charge is 2.26. The van der Waals surface area contributed by atoms with E-state index in [9.17, 15) is 5.11 Å². The normalized spacial score (nSPS) is 22.9. The van der Waals surface area contributed by atoms with Gasteiger partial charge < -0.3 is 9.84 Å². The van der Waals surface area contributed by atoms with Crippen LogP contribution in [0.15, 0.2) is 5.38 Å². The molecule has 0 spiro atoms. The van der Waals surface area contributed by atoms with E-state index in [0.717, 1.165) is 30.2 Å². The SMILES string of the molecule is CC(C)(C)c1csc(CC(O)C2CCCO2)n1. The molecular weight excluding hydrogens is 234 g/mol. The molecule has 2 atom stereocenters. The number of aliphatic hydroxyl groups is 1. The summed E-state index contributed by atoms with van der Waals surface area (Å²) in [5, 5.41) is 13.2. The average Bonchev–Trinajstić information content (AvgIpc) is 2.85. The van der Waals surface area contributed by atoms with E-state index in [4.69, 9.17) is 4.74 Å². The zero-order valence-corrected chi connectivity index (χ0v) is 11.6. The van der Waals surface area contributed by atoms with Gasteiger partial charge in [0.25, 0.3) is 0 Å². The number of hydrogen-bond acceptors (Lipinski definition) is 4. The van der Waals surface area contributed by atoms with Gasteiger partial charge in [-0.25, -0.2) is 4.98 Å². The van der Waals surface area contributed by atoms with Gasteiger partial charge in [0.15, 0.2) is 0 Å². The Balaban J connectivity index is 1.96. The van der Waals surface area contributed by atoms with E-state index in [0.29, 0.717) is 6.42 Å². The average molecular weight is 255 g/mol. The van der Waals surface area contributed by atoms with Crippen molar-refractivity contribution >= 4 is 11.3 Å². The maximum atomic E-state index is 10.1. The summed E-state index contributed by atoms with van der Waals surface area (Å²) in [5.74, 6) is 0. The third-order valence-electron chi connectivity index (χ3n) is 3.10. The summed E-state index contributed by atoms with van der Waals surface area (Å²) in [6, 6.07) is 0. The van der Waals surface area contributed by atoms with Crippen LogP contribution in [0, 0.1) is 0 Å². The molecule has 0 aliphatic carbocycles. The van der Waals surface area contributed by atoms with Gasteiger partial charge in [0.1, 0.15) is 0 Å². The molecule has 1 aromatic heterocycles. The maximum absolute atomic E-state index is 10.1. The van der Waals surface area contributed by atoms with Crippen LogP contribution < -0.4 is 0 Å². The van der Waals surface area contributed by atoms with Crippen molar-refractivity contribution in [2.24, 2.45) is 0 Å². The minimum absolute atomic E-state index is 0.0111. The molecule has 1 N–H and O–H groups in total. The zero-order chi connectivity index (χ0) is 12.5. The smallest absolute Gasteiger partial charge is 0.0955 e. The van der Waals surface area contributed by atoms with Crippen molar-refractivity contribution in [3.05, 3.63) is 16.1 Å². The molecule has 0 saturated carbocycles. The lowest BCUT2D eigenvalue weighted by atomic mass is 9.93. The first kappa shape index (κ1) is 13.0. The summed E-state index contributed by atoms with van der Waals surface area (Å²) in [5.41, 5.74) is 1.20. The van der Waals surface area contributed by atoms with Gasteiger partial charge in [0.2, 0.25) is 0 Å². The summed E-state index contributed by atoms with van der Waals surface area (Å²) in [4.78, 5) is 4.60.